The monoisotopic (exact) mass is 376 g/mol. The maximum Gasteiger partial charge on any atom is 0.273 e. The van der Waals surface area contributed by atoms with Gasteiger partial charge in [-0.15, -0.1) is 0 Å². The van der Waals surface area contributed by atoms with Crippen molar-refractivity contribution >= 4 is 23.4 Å². The molecule has 0 aliphatic rings. The molecular weight excluding hydrogens is 356 g/mol. The summed E-state index contributed by atoms with van der Waals surface area (Å²) in [7, 11) is 0. The Kier molecular flexibility index (Phi) is 7.29. The van der Waals surface area contributed by atoms with Gasteiger partial charge in [0.05, 0.1) is 12.2 Å². The van der Waals surface area contributed by atoms with E-state index in [0.717, 1.165) is 11.3 Å². The molecule has 26 heavy (non-hydrogen) atoms. The van der Waals surface area contributed by atoms with E-state index in [9.17, 15) is 14.7 Å². The van der Waals surface area contributed by atoms with Gasteiger partial charge in [0.2, 0.25) is 5.91 Å². The van der Waals surface area contributed by atoms with Gasteiger partial charge in [-0.1, -0.05) is 23.7 Å². The molecule has 0 fully saturated rings. The third-order valence-electron chi connectivity index (χ3n) is 3.58. The number of ether oxygens (including phenoxy) is 1. The van der Waals surface area contributed by atoms with Gasteiger partial charge in [0.25, 0.3) is 5.91 Å². The number of benzene rings is 2. The van der Waals surface area contributed by atoms with Crippen LogP contribution in [0.5, 0.6) is 11.5 Å². The molecule has 0 atom stereocenters. The Morgan fingerprint density at radius 1 is 1.12 bits per heavy atom. The van der Waals surface area contributed by atoms with Crippen LogP contribution in [0.1, 0.15) is 35.2 Å². The minimum absolute atomic E-state index is 0.00986. The molecule has 0 heterocycles. The van der Waals surface area contributed by atoms with Crippen molar-refractivity contribution < 1.29 is 19.4 Å². The molecule has 0 aliphatic heterocycles. The molecule has 0 bridgehead atoms. The molecule has 2 rings (SSSR count). The summed E-state index contributed by atoms with van der Waals surface area (Å²) in [5.74, 6) is -0.367. The van der Waals surface area contributed by atoms with Crippen LogP contribution in [0.3, 0.4) is 0 Å². The molecule has 0 aliphatic carbocycles. The second-order valence-corrected chi connectivity index (χ2v) is 6.22. The maximum atomic E-state index is 11.9. The van der Waals surface area contributed by atoms with E-state index in [1.807, 2.05) is 31.2 Å². The van der Waals surface area contributed by atoms with Crippen molar-refractivity contribution in [2.75, 3.05) is 6.61 Å². The zero-order valence-electron chi connectivity index (χ0n) is 14.4. The molecule has 7 heteroatoms. The SMILES string of the molecule is Cc1cccc(OCCCCC(=O)NNC(=O)c2cc(Cl)ccc2O)c1. The van der Waals surface area contributed by atoms with Crippen molar-refractivity contribution in [3.63, 3.8) is 0 Å². The lowest BCUT2D eigenvalue weighted by atomic mass is 10.2. The predicted molar refractivity (Wildman–Crippen MR) is 99.3 cm³/mol. The largest absolute Gasteiger partial charge is 0.507 e. The Bertz CT molecular complexity index is 780. The number of hydrazine groups is 1. The van der Waals surface area contributed by atoms with Crippen LogP contribution >= 0.6 is 11.6 Å². The standard InChI is InChI=1S/C19H21ClN2O4/c1-13-5-4-6-15(11-13)26-10-3-2-7-18(24)21-22-19(25)16-12-14(20)8-9-17(16)23/h4-6,8-9,11-12,23H,2-3,7,10H2,1H3,(H,21,24)(H,22,25). The number of carbonyl (C=O) groups excluding carboxylic acids is 2. The number of amides is 2. The van der Waals surface area contributed by atoms with Gasteiger partial charge in [0, 0.05) is 11.4 Å². The fourth-order valence-corrected chi connectivity index (χ4v) is 2.40. The van der Waals surface area contributed by atoms with E-state index in [-0.39, 0.29) is 23.6 Å². The van der Waals surface area contributed by atoms with E-state index in [1.54, 1.807) is 0 Å². The van der Waals surface area contributed by atoms with E-state index in [4.69, 9.17) is 16.3 Å². The minimum Gasteiger partial charge on any atom is -0.507 e. The number of halogens is 1. The number of aromatic hydroxyl groups is 1. The molecule has 0 saturated carbocycles. The fraction of sp³-hybridized carbons (Fsp3) is 0.263. The van der Waals surface area contributed by atoms with E-state index in [0.29, 0.717) is 24.5 Å². The van der Waals surface area contributed by atoms with Gasteiger partial charge in [0.1, 0.15) is 11.5 Å². The smallest absolute Gasteiger partial charge is 0.273 e. The van der Waals surface area contributed by atoms with Crippen LogP contribution in [-0.2, 0) is 4.79 Å². The molecule has 6 nitrogen and oxygen atoms in total. The number of aryl methyl sites for hydroxylation is 1. The van der Waals surface area contributed by atoms with Gasteiger partial charge in [-0.3, -0.25) is 20.4 Å². The van der Waals surface area contributed by atoms with Crippen LogP contribution in [0, 0.1) is 6.92 Å². The Labute approximate surface area is 157 Å². The number of nitrogens with one attached hydrogen (secondary N) is 2. The second-order valence-electron chi connectivity index (χ2n) is 5.79. The van der Waals surface area contributed by atoms with Crippen LogP contribution in [-0.4, -0.2) is 23.5 Å². The van der Waals surface area contributed by atoms with Crippen molar-refractivity contribution in [2.24, 2.45) is 0 Å². The van der Waals surface area contributed by atoms with Gasteiger partial charge in [0.15, 0.2) is 0 Å². The Hall–Kier alpha value is -2.73. The highest BCUT2D eigenvalue weighted by molar-refractivity contribution is 6.31. The summed E-state index contributed by atoms with van der Waals surface area (Å²) < 4.78 is 5.61. The van der Waals surface area contributed by atoms with Gasteiger partial charge in [-0.05, 0) is 55.7 Å². The topological polar surface area (TPSA) is 87.7 Å². The van der Waals surface area contributed by atoms with Crippen molar-refractivity contribution in [2.45, 2.75) is 26.2 Å². The summed E-state index contributed by atoms with van der Waals surface area (Å²) in [5.41, 5.74) is 5.68. The van der Waals surface area contributed by atoms with E-state index in [2.05, 4.69) is 10.9 Å². The molecule has 0 spiro atoms. The van der Waals surface area contributed by atoms with Gasteiger partial charge in [-0.25, -0.2) is 0 Å². The lowest BCUT2D eigenvalue weighted by Crippen LogP contribution is -2.41. The Morgan fingerprint density at radius 2 is 1.92 bits per heavy atom. The number of unbranched alkanes of at least 4 members (excludes halogenated alkanes) is 1. The third-order valence-corrected chi connectivity index (χ3v) is 3.81. The van der Waals surface area contributed by atoms with E-state index in [1.165, 1.54) is 18.2 Å². The summed E-state index contributed by atoms with van der Waals surface area (Å²) in [5, 5.41) is 9.95. The molecule has 2 aromatic carbocycles. The zero-order chi connectivity index (χ0) is 18.9. The molecule has 138 valence electrons. The number of carbonyl (C=O) groups is 2. The van der Waals surface area contributed by atoms with Crippen LogP contribution < -0.4 is 15.6 Å². The number of hydrogen-bond acceptors (Lipinski definition) is 4. The van der Waals surface area contributed by atoms with Crippen LogP contribution in [0.25, 0.3) is 0 Å². The molecule has 0 unspecified atom stereocenters. The highest BCUT2D eigenvalue weighted by Crippen LogP contribution is 2.21. The third kappa shape index (κ3) is 6.29. The predicted octanol–water partition coefficient (Wildman–Crippen LogP) is 3.36. The summed E-state index contributed by atoms with van der Waals surface area (Å²) in [6.07, 6.45) is 1.58. The van der Waals surface area contributed by atoms with Crippen molar-refractivity contribution in [3.8, 4) is 11.5 Å². The summed E-state index contributed by atoms with van der Waals surface area (Å²) in [6, 6.07) is 11.9. The summed E-state index contributed by atoms with van der Waals surface area (Å²) >= 11 is 5.78. The number of hydrogen-bond donors (Lipinski definition) is 3. The normalized spacial score (nSPS) is 10.2. The van der Waals surface area contributed by atoms with Crippen LogP contribution in [0.4, 0.5) is 0 Å². The molecule has 0 radical (unpaired) electrons. The van der Waals surface area contributed by atoms with E-state index < -0.39 is 5.91 Å². The quantitative estimate of drug-likeness (QED) is 0.510. The first kappa shape index (κ1) is 19.6. The first-order valence-electron chi connectivity index (χ1n) is 8.23. The number of rotatable bonds is 7. The highest BCUT2D eigenvalue weighted by atomic mass is 35.5. The first-order chi connectivity index (χ1) is 12.5. The molecule has 2 aromatic rings. The molecule has 3 N–H and O–H groups in total. The van der Waals surface area contributed by atoms with Crippen molar-refractivity contribution in [1.82, 2.24) is 10.9 Å². The average Bonchev–Trinajstić information content (AvgIpc) is 2.61. The van der Waals surface area contributed by atoms with Gasteiger partial charge >= 0.3 is 0 Å². The lowest BCUT2D eigenvalue weighted by Gasteiger charge is -2.09. The summed E-state index contributed by atoms with van der Waals surface area (Å²) in [6.45, 7) is 2.51. The summed E-state index contributed by atoms with van der Waals surface area (Å²) in [4.78, 5) is 23.7. The molecular formula is C19H21ClN2O4. The maximum absolute atomic E-state index is 11.9. The fourth-order valence-electron chi connectivity index (χ4n) is 2.23. The number of phenols is 1. The van der Waals surface area contributed by atoms with Crippen molar-refractivity contribution in [3.05, 3.63) is 58.6 Å². The van der Waals surface area contributed by atoms with Crippen LogP contribution in [0.2, 0.25) is 5.02 Å². The van der Waals surface area contributed by atoms with Gasteiger partial charge < -0.3 is 9.84 Å². The average molecular weight is 377 g/mol. The van der Waals surface area contributed by atoms with Gasteiger partial charge in [-0.2, -0.15) is 0 Å². The molecule has 2 amide bonds. The van der Waals surface area contributed by atoms with Crippen LogP contribution in [0.15, 0.2) is 42.5 Å². The van der Waals surface area contributed by atoms with E-state index >= 15 is 0 Å². The highest BCUT2D eigenvalue weighted by Gasteiger charge is 2.12. The zero-order valence-corrected chi connectivity index (χ0v) is 15.2. The Morgan fingerprint density at radius 3 is 2.69 bits per heavy atom. The second kappa shape index (κ2) is 9.68. The molecule has 0 aromatic heterocycles. The first-order valence-corrected chi connectivity index (χ1v) is 8.60. The lowest BCUT2D eigenvalue weighted by molar-refractivity contribution is -0.122. The molecule has 0 saturated heterocycles. The Balaban J connectivity index is 1.64. The van der Waals surface area contributed by atoms with Crippen molar-refractivity contribution in [1.29, 1.82) is 0 Å². The minimum atomic E-state index is -0.638. The number of phenolic OH excluding ortho intramolecular Hbond substituents is 1.